The number of hydrogen-bond donors (Lipinski definition) is 1. The molecule has 2 heterocycles. The first-order valence-corrected chi connectivity index (χ1v) is 8.15. The van der Waals surface area contributed by atoms with Crippen molar-refractivity contribution in [2.45, 2.75) is 26.3 Å². The summed E-state index contributed by atoms with van der Waals surface area (Å²) in [5.41, 5.74) is 1.47. The van der Waals surface area contributed by atoms with Gasteiger partial charge in [0.25, 0.3) is 5.56 Å². The Bertz CT molecular complexity index is 765. The van der Waals surface area contributed by atoms with E-state index in [1.807, 2.05) is 13.8 Å². The van der Waals surface area contributed by atoms with Crippen molar-refractivity contribution in [1.82, 2.24) is 19.8 Å². The summed E-state index contributed by atoms with van der Waals surface area (Å²) >= 11 is 0. The van der Waals surface area contributed by atoms with Gasteiger partial charge in [-0.15, -0.1) is 0 Å². The van der Waals surface area contributed by atoms with Gasteiger partial charge in [0.05, 0.1) is 5.52 Å². The van der Waals surface area contributed by atoms with Gasteiger partial charge in [-0.2, -0.15) is 0 Å². The van der Waals surface area contributed by atoms with Crippen LogP contribution in [0.15, 0.2) is 16.9 Å². The quantitative estimate of drug-likeness (QED) is 0.939. The van der Waals surface area contributed by atoms with E-state index in [0.29, 0.717) is 23.2 Å². The molecule has 0 aliphatic carbocycles. The van der Waals surface area contributed by atoms with Crippen molar-refractivity contribution in [3.63, 3.8) is 0 Å². The third kappa shape index (κ3) is 3.01. The van der Waals surface area contributed by atoms with Crippen LogP contribution in [0.3, 0.4) is 0 Å². The molecule has 0 spiro atoms. The van der Waals surface area contributed by atoms with E-state index in [1.165, 1.54) is 0 Å². The third-order valence-electron chi connectivity index (χ3n) is 4.78. The Kier molecular flexibility index (Phi) is 4.46. The Hall–Kier alpha value is -1.79. The molecule has 1 aromatic carbocycles. The van der Waals surface area contributed by atoms with Gasteiger partial charge in [-0.05, 0) is 26.5 Å². The third-order valence-corrected chi connectivity index (χ3v) is 4.78. The molecule has 0 saturated carbocycles. The average molecular weight is 318 g/mol. The minimum absolute atomic E-state index is 0.0255. The van der Waals surface area contributed by atoms with Crippen LogP contribution in [0.5, 0.6) is 0 Å². The van der Waals surface area contributed by atoms with Crippen molar-refractivity contribution in [3.8, 4) is 0 Å². The minimum atomic E-state index is -0.360. The van der Waals surface area contributed by atoms with Gasteiger partial charge >= 0.3 is 0 Å². The van der Waals surface area contributed by atoms with Crippen LogP contribution in [0.4, 0.5) is 4.39 Å². The van der Waals surface area contributed by atoms with E-state index in [-0.39, 0.29) is 22.9 Å². The molecule has 1 aromatic heterocycles. The first kappa shape index (κ1) is 16.1. The average Bonchev–Trinajstić information content (AvgIpc) is 2.55. The van der Waals surface area contributed by atoms with E-state index in [0.717, 1.165) is 26.2 Å². The number of halogens is 1. The summed E-state index contributed by atoms with van der Waals surface area (Å²) in [5.74, 6) is -0.360. The molecule has 5 nitrogen and oxygen atoms in total. The Balaban J connectivity index is 1.98. The molecular weight excluding hydrogens is 295 g/mol. The van der Waals surface area contributed by atoms with Crippen LogP contribution in [0, 0.1) is 5.82 Å². The lowest BCUT2D eigenvalue weighted by atomic mass is 10.0. The predicted molar refractivity (Wildman–Crippen MR) is 89.2 cm³/mol. The van der Waals surface area contributed by atoms with Gasteiger partial charge < -0.3 is 9.88 Å². The lowest BCUT2D eigenvalue weighted by Crippen LogP contribution is -2.45. The fraction of sp³-hybridized carbons (Fsp3) is 0.529. The minimum Gasteiger partial charge on any atom is -0.317 e. The Morgan fingerprint density at radius 1 is 1.30 bits per heavy atom. The summed E-state index contributed by atoms with van der Waals surface area (Å²) in [7, 11) is 2.10. The number of rotatable bonds is 3. The molecule has 3 rings (SSSR count). The second kappa shape index (κ2) is 6.37. The molecule has 23 heavy (non-hydrogen) atoms. The molecular formula is C17H23FN4O. The zero-order valence-electron chi connectivity index (χ0n) is 13.9. The van der Waals surface area contributed by atoms with Crippen LogP contribution >= 0.6 is 0 Å². The van der Waals surface area contributed by atoms with E-state index in [2.05, 4.69) is 26.8 Å². The standard InChI is InChI=1S/C17H23FN4O/c1-4-13-17(23)20-16-14(19-13)6-5-12(15(16)18)11(2)22-9-7-21(3)8-10-22/h5-6,11H,4,7-10H2,1-3H3,(H,20,23). The van der Waals surface area contributed by atoms with E-state index >= 15 is 0 Å². The smallest absolute Gasteiger partial charge is 0.270 e. The molecule has 1 atom stereocenters. The molecule has 1 aliphatic heterocycles. The van der Waals surface area contributed by atoms with Crippen molar-refractivity contribution in [2.24, 2.45) is 0 Å². The topological polar surface area (TPSA) is 52.2 Å². The maximum atomic E-state index is 14.9. The lowest BCUT2D eigenvalue weighted by molar-refractivity contribution is 0.117. The molecule has 1 saturated heterocycles. The number of aromatic nitrogens is 2. The van der Waals surface area contributed by atoms with Gasteiger partial charge in [0.1, 0.15) is 11.2 Å². The number of likely N-dealkylation sites (N-methyl/N-ethyl adjacent to an activating group) is 1. The Morgan fingerprint density at radius 2 is 2.00 bits per heavy atom. The highest BCUT2D eigenvalue weighted by molar-refractivity contribution is 5.75. The largest absolute Gasteiger partial charge is 0.317 e. The zero-order valence-corrected chi connectivity index (χ0v) is 13.9. The van der Waals surface area contributed by atoms with Crippen LogP contribution in [0.1, 0.15) is 31.1 Å². The first-order chi connectivity index (χ1) is 11.0. The van der Waals surface area contributed by atoms with Crippen molar-refractivity contribution < 1.29 is 4.39 Å². The van der Waals surface area contributed by atoms with E-state index in [1.54, 1.807) is 12.1 Å². The number of H-pyrrole nitrogens is 1. The number of benzene rings is 1. The van der Waals surface area contributed by atoms with Crippen LogP contribution in [0.2, 0.25) is 0 Å². The normalized spacial score (nSPS) is 18.4. The van der Waals surface area contributed by atoms with Crippen molar-refractivity contribution in [2.75, 3.05) is 33.2 Å². The summed E-state index contributed by atoms with van der Waals surface area (Å²) in [6.45, 7) is 7.68. The summed E-state index contributed by atoms with van der Waals surface area (Å²) in [6, 6.07) is 3.57. The molecule has 0 radical (unpaired) electrons. The lowest BCUT2D eigenvalue weighted by Gasteiger charge is -2.36. The summed E-state index contributed by atoms with van der Waals surface area (Å²) < 4.78 is 14.9. The van der Waals surface area contributed by atoms with Crippen LogP contribution in [-0.2, 0) is 6.42 Å². The first-order valence-electron chi connectivity index (χ1n) is 8.15. The molecule has 1 unspecified atom stereocenters. The number of piperazine rings is 1. The Morgan fingerprint density at radius 3 is 2.65 bits per heavy atom. The van der Waals surface area contributed by atoms with E-state index < -0.39 is 0 Å². The van der Waals surface area contributed by atoms with Crippen molar-refractivity contribution >= 4 is 11.0 Å². The van der Waals surface area contributed by atoms with Gasteiger partial charge in [-0.25, -0.2) is 9.37 Å². The Labute approximate surface area is 135 Å². The van der Waals surface area contributed by atoms with Gasteiger partial charge in [-0.3, -0.25) is 9.69 Å². The van der Waals surface area contributed by atoms with E-state index in [9.17, 15) is 9.18 Å². The zero-order chi connectivity index (χ0) is 16.6. The molecule has 0 bridgehead atoms. The molecule has 124 valence electrons. The highest BCUT2D eigenvalue weighted by Crippen LogP contribution is 2.27. The summed E-state index contributed by atoms with van der Waals surface area (Å²) in [6.07, 6.45) is 0.534. The summed E-state index contributed by atoms with van der Waals surface area (Å²) in [4.78, 5) is 23.4. The maximum absolute atomic E-state index is 14.9. The molecule has 6 heteroatoms. The second-order valence-electron chi connectivity index (χ2n) is 6.24. The molecule has 2 aromatic rings. The highest BCUT2D eigenvalue weighted by atomic mass is 19.1. The number of hydrogen-bond acceptors (Lipinski definition) is 4. The van der Waals surface area contributed by atoms with Gasteiger partial charge in [0.2, 0.25) is 0 Å². The molecule has 1 aliphatic rings. The van der Waals surface area contributed by atoms with Crippen LogP contribution in [0.25, 0.3) is 11.0 Å². The van der Waals surface area contributed by atoms with E-state index in [4.69, 9.17) is 0 Å². The summed E-state index contributed by atoms with van der Waals surface area (Å²) in [5, 5.41) is 0. The monoisotopic (exact) mass is 318 g/mol. The number of fused-ring (bicyclic) bond motifs is 1. The number of nitrogens with one attached hydrogen (secondary N) is 1. The molecule has 1 fully saturated rings. The predicted octanol–water partition coefficient (Wildman–Crippen LogP) is 1.93. The van der Waals surface area contributed by atoms with Crippen molar-refractivity contribution in [3.05, 3.63) is 39.6 Å². The van der Waals surface area contributed by atoms with Gasteiger partial charge in [0.15, 0.2) is 5.82 Å². The molecule has 0 amide bonds. The van der Waals surface area contributed by atoms with Gasteiger partial charge in [-0.1, -0.05) is 13.0 Å². The maximum Gasteiger partial charge on any atom is 0.270 e. The molecule has 1 N–H and O–H groups in total. The van der Waals surface area contributed by atoms with Crippen LogP contribution in [-0.4, -0.2) is 53.0 Å². The number of nitrogens with zero attached hydrogens (tertiary/aromatic N) is 3. The van der Waals surface area contributed by atoms with Gasteiger partial charge in [0, 0.05) is 37.8 Å². The van der Waals surface area contributed by atoms with Crippen LogP contribution < -0.4 is 5.56 Å². The number of aromatic amines is 1. The fourth-order valence-corrected chi connectivity index (χ4v) is 3.14. The number of aryl methyl sites for hydroxylation is 1. The fourth-order valence-electron chi connectivity index (χ4n) is 3.14. The highest BCUT2D eigenvalue weighted by Gasteiger charge is 2.23. The van der Waals surface area contributed by atoms with Crippen molar-refractivity contribution in [1.29, 1.82) is 0 Å². The second-order valence-corrected chi connectivity index (χ2v) is 6.24. The SMILES string of the molecule is CCc1nc2ccc(C(C)N3CCN(C)CC3)c(F)c2[nH]c1=O.